The van der Waals surface area contributed by atoms with Gasteiger partial charge in [-0.3, -0.25) is 19.4 Å². The van der Waals surface area contributed by atoms with Crippen molar-refractivity contribution >= 4 is 17.7 Å². The van der Waals surface area contributed by atoms with Crippen molar-refractivity contribution in [2.75, 3.05) is 20.2 Å². The highest BCUT2D eigenvalue weighted by Gasteiger charge is 2.23. The fourth-order valence-electron chi connectivity index (χ4n) is 2.27. The maximum Gasteiger partial charge on any atom is 0.325 e. The lowest BCUT2D eigenvalue weighted by atomic mass is 10.0. The van der Waals surface area contributed by atoms with E-state index >= 15 is 0 Å². The Morgan fingerprint density at radius 2 is 1.80 bits per heavy atom. The van der Waals surface area contributed by atoms with Gasteiger partial charge in [-0.2, -0.15) is 0 Å². The van der Waals surface area contributed by atoms with E-state index in [9.17, 15) is 14.4 Å². The maximum absolute atomic E-state index is 12.7. The number of aryl methyl sites for hydroxylation is 1. The summed E-state index contributed by atoms with van der Waals surface area (Å²) >= 11 is 0. The van der Waals surface area contributed by atoms with Crippen molar-refractivity contribution in [1.29, 1.82) is 0 Å². The first kappa shape index (κ1) is 18.3. The largest absolute Gasteiger partial charge is 0.465 e. The predicted octanol–water partition coefficient (Wildman–Crippen LogP) is 2.26. The van der Waals surface area contributed by atoms with E-state index in [4.69, 9.17) is 4.74 Å². The molecule has 2 aromatic rings. The Kier molecular flexibility index (Phi) is 6.00. The molecule has 2 rings (SSSR count). The number of likely N-dealkylation sites (N-methyl/N-ethyl adjacent to an activating group) is 1. The second-order valence-corrected chi connectivity index (χ2v) is 5.56. The molecule has 0 aliphatic heterocycles. The van der Waals surface area contributed by atoms with Crippen molar-refractivity contribution in [3.8, 4) is 0 Å². The van der Waals surface area contributed by atoms with Gasteiger partial charge in [-0.1, -0.05) is 29.8 Å². The van der Waals surface area contributed by atoms with Crippen LogP contribution in [0.4, 0.5) is 0 Å². The van der Waals surface area contributed by atoms with Crippen LogP contribution in [0, 0.1) is 6.92 Å². The molecule has 130 valence electrons. The zero-order chi connectivity index (χ0) is 18.4. The zero-order valence-corrected chi connectivity index (χ0v) is 14.5. The highest BCUT2D eigenvalue weighted by atomic mass is 16.5. The molecule has 0 aliphatic carbocycles. The molecular formula is C19H20N2O4. The standard InChI is InChI=1S/C19H20N2O4/c1-4-25-16(22)12-21(3)19(24)17-15(6-5-11-20-17)18(23)14-9-7-13(2)8-10-14/h5-11H,4,12H2,1-3H3. The van der Waals surface area contributed by atoms with E-state index in [2.05, 4.69) is 4.98 Å². The number of ketones is 1. The highest BCUT2D eigenvalue weighted by Crippen LogP contribution is 2.15. The van der Waals surface area contributed by atoms with E-state index in [1.165, 1.54) is 18.1 Å². The van der Waals surface area contributed by atoms with Crippen LogP contribution in [0.15, 0.2) is 42.6 Å². The minimum Gasteiger partial charge on any atom is -0.465 e. The van der Waals surface area contributed by atoms with E-state index in [0.717, 1.165) is 5.56 Å². The molecule has 0 N–H and O–H groups in total. The smallest absolute Gasteiger partial charge is 0.325 e. The molecule has 0 atom stereocenters. The lowest BCUT2D eigenvalue weighted by Crippen LogP contribution is -2.34. The van der Waals surface area contributed by atoms with Gasteiger partial charge in [-0.05, 0) is 26.0 Å². The molecule has 1 amide bonds. The third-order valence-corrected chi connectivity index (χ3v) is 3.59. The number of ether oxygens (including phenoxy) is 1. The molecule has 6 nitrogen and oxygen atoms in total. The predicted molar refractivity (Wildman–Crippen MR) is 92.4 cm³/mol. The number of carbonyl (C=O) groups is 3. The molecule has 25 heavy (non-hydrogen) atoms. The van der Waals surface area contributed by atoms with Gasteiger partial charge in [-0.15, -0.1) is 0 Å². The van der Waals surface area contributed by atoms with Gasteiger partial charge < -0.3 is 9.64 Å². The van der Waals surface area contributed by atoms with Crippen LogP contribution in [0.3, 0.4) is 0 Å². The Bertz CT molecular complexity index is 784. The summed E-state index contributed by atoms with van der Waals surface area (Å²) in [4.78, 5) is 42.1. The van der Waals surface area contributed by atoms with Crippen LogP contribution >= 0.6 is 0 Å². The molecule has 0 radical (unpaired) electrons. The van der Waals surface area contributed by atoms with E-state index in [1.54, 1.807) is 31.2 Å². The minimum absolute atomic E-state index is 0.0138. The summed E-state index contributed by atoms with van der Waals surface area (Å²) in [5.41, 5.74) is 1.72. The van der Waals surface area contributed by atoms with Crippen molar-refractivity contribution in [3.05, 3.63) is 65.0 Å². The van der Waals surface area contributed by atoms with Crippen molar-refractivity contribution in [2.45, 2.75) is 13.8 Å². The Balaban J connectivity index is 2.28. The molecule has 0 fully saturated rings. The quantitative estimate of drug-likeness (QED) is 0.595. The highest BCUT2D eigenvalue weighted by molar-refractivity contribution is 6.14. The van der Waals surface area contributed by atoms with Crippen molar-refractivity contribution in [3.63, 3.8) is 0 Å². The van der Waals surface area contributed by atoms with Crippen molar-refractivity contribution < 1.29 is 19.1 Å². The number of pyridine rings is 1. The molecule has 1 aromatic heterocycles. The van der Waals surface area contributed by atoms with Gasteiger partial charge in [-0.25, -0.2) is 0 Å². The molecule has 0 bridgehead atoms. The van der Waals surface area contributed by atoms with Gasteiger partial charge >= 0.3 is 5.97 Å². The molecule has 0 saturated carbocycles. The molecule has 0 unspecified atom stereocenters. The summed E-state index contributed by atoms with van der Waals surface area (Å²) in [7, 11) is 1.47. The summed E-state index contributed by atoms with van der Waals surface area (Å²) in [6, 6.07) is 10.2. The molecule has 6 heteroatoms. The van der Waals surface area contributed by atoms with E-state index < -0.39 is 11.9 Å². The van der Waals surface area contributed by atoms with Crippen LogP contribution in [0.1, 0.15) is 38.9 Å². The lowest BCUT2D eigenvalue weighted by Gasteiger charge is -2.17. The monoisotopic (exact) mass is 340 g/mol. The van der Waals surface area contributed by atoms with Gasteiger partial charge in [0.15, 0.2) is 5.78 Å². The summed E-state index contributed by atoms with van der Waals surface area (Å²) < 4.78 is 4.84. The summed E-state index contributed by atoms with van der Waals surface area (Å²) in [6.45, 7) is 3.65. The summed E-state index contributed by atoms with van der Waals surface area (Å²) in [5, 5.41) is 0. The minimum atomic E-state index is -0.513. The molecule has 0 saturated heterocycles. The number of esters is 1. The topological polar surface area (TPSA) is 76.6 Å². The van der Waals surface area contributed by atoms with Crippen molar-refractivity contribution in [2.24, 2.45) is 0 Å². The van der Waals surface area contributed by atoms with Crippen LogP contribution in [0.25, 0.3) is 0 Å². The van der Waals surface area contributed by atoms with Crippen LogP contribution in [-0.2, 0) is 9.53 Å². The fourth-order valence-corrected chi connectivity index (χ4v) is 2.27. The van der Waals surface area contributed by atoms with Gasteiger partial charge in [0.1, 0.15) is 12.2 Å². The van der Waals surface area contributed by atoms with E-state index in [1.807, 2.05) is 19.1 Å². The average molecular weight is 340 g/mol. The number of rotatable bonds is 6. The number of hydrogen-bond acceptors (Lipinski definition) is 5. The second kappa shape index (κ2) is 8.19. The van der Waals surface area contributed by atoms with Crippen LogP contribution in [-0.4, -0.2) is 47.7 Å². The normalized spacial score (nSPS) is 10.2. The molecule has 0 spiro atoms. The fraction of sp³-hybridized carbons (Fsp3) is 0.263. The first-order chi connectivity index (χ1) is 11.9. The Morgan fingerprint density at radius 3 is 2.44 bits per heavy atom. The lowest BCUT2D eigenvalue weighted by molar-refractivity contribution is -0.143. The number of nitrogens with zero attached hydrogens (tertiary/aromatic N) is 2. The van der Waals surface area contributed by atoms with Crippen LogP contribution < -0.4 is 0 Å². The number of amides is 1. The van der Waals surface area contributed by atoms with Gasteiger partial charge in [0.2, 0.25) is 0 Å². The number of aromatic nitrogens is 1. The van der Waals surface area contributed by atoms with Gasteiger partial charge in [0.25, 0.3) is 5.91 Å². The first-order valence-electron chi connectivity index (χ1n) is 7.91. The Hall–Kier alpha value is -3.02. The summed E-state index contributed by atoms with van der Waals surface area (Å²) in [6.07, 6.45) is 1.44. The SMILES string of the molecule is CCOC(=O)CN(C)C(=O)c1ncccc1C(=O)c1ccc(C)cc1. The molecule has 1 aromatic carbocycles. The van der Waals surface area contributed by atoms with Gasteiger partial charge in [0.05, 0.1) is 12.2 Å². The molecular weight excluding hydrogens is 320 g/mol. The molecule has 1 heterocycles. The van der Waals surface area contributed by atoms with E-state index in [-0.39, 0.29) is 30.2 Å². The maximum atomic E-state index is 12.7. The Morgan fingerprint density at radius 1 is 1.12 bits per heavy atom. The van der Waals surface area contributed by atoms with Crippen LogP contribution in [0.5, 0.6) is 0 Å². The third kappa shape index (κ3) is 4.50. The number of carbonyl (C=O) groups excluding carboxylic acids is 3. The average Bonchev–Trinajstić information content (AvgIpc) is 2.61. The Labute approximate surface area is 146 Å². The van der Waals surface area contributed by atoms with Crippen LogP contribution in [0.2, 0.25) is 0 Å². The van der Waals surface area contributed by atoms with E-state index in [0.29, 0.717) is 5.56 Å². The zero-order valence-electron chi connectivity index (χ0n) is 14.5. The number of hydrogen-bond donors (Lipinski definition) is 0. The first-order valence-corrected chi connectivity index (χ1v) is 7.91. The molecule has 0 aliphatic rings. The summed E-state index contributed by atoms with van der Waals surface area (Å²) in [5.74, 6) is -1.31. The number of benzene rings is 1. The second-order valence-electron chi connectivity index (χ2n) is 5.56. The van der Waals surface area contributed by atoms with Crippen molar-refractivity contribution in [1.82, 2.24) is 9.88 Å². The third-order valence-electron chi connectivity index (χ3n) is 3.59. The van der Waals surface area contributed by atoms with Gasteiger partial charge in [0, 0.05) is 18.8 Å².